The van der Waals surface area contributed by atoms with E-state index in [2.05, 4.69) is 0 Å². The van der Waals surface area contributed by atoms with Gasteiger partial charge in [0.25, 0.3) is 6.43 Å². The second kappa shape index (κ2) is 7.37. The van der Waals surface area contributed by atoms with Gasteiger partial charge < -0.3 is 0 Å². The summed E-state index contributed by atoms with van der Waals surface area (Å²) in [4.78, 5) is 1.58. The third kappa shape index (κ3) is 5.38. The molecule has 0 aromatic heterocycles. The van der Waals surface area contributed by atoms with Crippen molar-refractivity contribution in [3.05, 3.63) is 33.8 Å². The van der Waals surface area contributed by atoms with E-state index < -0.39 is 6.43 Å². The van der Waals surface area contributed by atoms with Crippen LogP contribution in [0.25, 0.3) is 0 Å². The lowest BCUT2D eigenvalue weighted by Crippen LogP contribution is -2.30. The Morgan fingerprint density at radius 2 is 1.88 bits per heavy atom. The van der Waals surface area contributed by atoms with E-state index >= 15 is 0 Å². The molecule has 0 aliphatic heterocycles. The maximum absolute atomic E-state index is 12.3. The minimum absolute atomic E-state index is 0.299. The Hall–Kier alpha value is -0.0900. The van der Waals surface area contributed by atoms with Gasteiger partial charge in [0, 0.05) is 19.0 Å². The molecule has 0 aliphatic carbocycles. The van der Waals surface area contributed by atoms with Crippen LogP contribution in [-0.4, -0.2) is 30.3 Å². The molecule has 0 atom stereocenters. The minimum Gasteiger partial charge on any atom is -0.292 e. The smallest absolute Gasteiger partial charge is 0.251 e. The van der Waals surface area contributed by atoms with Gasteiger partial charge in [0.2, 0.25) is 0 Å². The summed E-state index contributed by atoms with van der Waals surface area (Å²) in [5.74, 6) is 0.314. The summed E-state index contributed by atoms with van der Waals surface area (Å²) in [6.45, 7) is 0.493. The SMILES string of the molecule is FC(F)CN(CCCl)Cc1ccc(Cl)c(Cl)c1. The molecule has 1 aromatic rings. The number of nitrogens with zero attached hydrogens (tertiary/aromatic N) is 1. The highest BCUT2D eigenvalue weighted by Crippen LogP contribution is 2.23. The summed E-state index contributed by atoms with van der Waals surface area (Å²) in [6.07, 6.45) is -2.37. The van der Waals surface area contributed by atoms with Crippen LogP contribution < -0.4 is 0 Å². The minimum atomic E-state index is -2.37. The Kier molecular flexibility index (Phi) is 6.49. The fourth-order valence-electron chi connectivity index (χ4n) is 1.45. The van der Waals surface area contributed by atoms with Crippen molar-refractivity contribution in [1.29, 1.82) is 0 Å². The fraction of sp³-hybridized carbons (Fsp3) is 0.455. The Morgan fingerprint density at radius 3 is 2.41 bits per heavy atom. The van der Waals surface area contributed by atoms with Crippen molar-refractivity contribution in [2.24, 2.45) is 0 Å². The van der Waals surface area contributed by atoms with E-state index in [1.165, 1.54) is 0 Å². The van der Waals surface area contributed by atoms with Crippen LogP contribution in [0.4, 0.5) is 8.78 Å². The lowest BCUT2D eigenvalue weighted by Gasteiger charge is -2.20. The summed E-state index contributed by atoms with van der Waals surface area (Å²) in [7, 11) is 0. The number of benzene rings is 1. The van der Waals surface area contributed by atoms with E-state index in [1.54, 1.807) is 23.1 Å². The number of hydrogen-bond acceptors (Lipinski definition) is 1. The molecule has 1 nitrogen and oxygen atoms in total. The van der Waals surface area contributed by atoms with Gasteiger partial charge in [-0.15, -0.1) is 11.6 Å². The van der Waals surface area contributed by atoms with Crippen LogP contribution in [0.15, 0.2) is 18.2 Å². The predicted molar refractivity (Wildman–Crippen MR) is 68.5 cm³/mol. The first-order valence-corrected chi connectivity index (χ1v) is 6.32. The van der Waals surface area contributed by atoms with Crippen molar-refractivity contribution in [2.45, 2.75) is 13.0 Å². The molecule has 1 aromatic carbocycles. The highest BCUT2D eigenvalue weighted by atomic mass is 35.5. The summed E-state index contributed by atoms with van der Waals surface area (Å²) in [5.41, 5.74) is 0.838. The zero-order valence-electron chi connectivity index (χ0n) is 8.97. The molecule has 0 spiro atoms. The van der Waals surface area contributed by atoms with Gasteiger partial charge in [-0.3, -0.25) is 4.90 Å². The molecule has 0 radical (unpaired) electrons. The topological polar surface area (TPSA) is 3.24 Å². The van der Waals surface area contributed by atoms with Crippen LogP contribution in [0.5, 0.6) is 0 Å². The molecule has 17 heavy (non-hydrogen) atoms. The molecule has 0 aliphatic rings. The first-order valence-electron chi connectivity index (χ1n) is 5.03. The van der Waals surface area contributed by atoms with E-state index in [0.29, 0.717) is 29.0 Å². The number of rotatable bonds is 6. The quantitative estimate of drug-likeness (QED) is 0.708. The van der Waals surface area contributed by atoms with Gasteiger partial charge in [-0.25, -0.2) is 8.78 Å². The second-order valence-corrected chi connectivity index (χ2v) is 4.76. The largest absolute Gasteiger partial charge is 0.292 e. The van der Waals surface area contributed by atoms with Crippen molar-refractivity contribution in [1.82, 2.24) is 4.90 Å². The van der Waals surface area contributed by atoms with Crippen molar-refractivity contribution >= 4 is 34.8 Å². The number of alkyl halides is 3. The fourth-order valence-corrected chi connectivity index (χ4v) is 2.01. The first kappa shape index (κ1) is 15.0. The molecule has 0 fully saturated rings. The number of halogens is 5. The zero-order chi connectivity index (χ0) is 12.8. The molecule has 1 rings (SSSR count). The third-order valence-corrected chi connectivity index (χ3v) is 3.10. The summed E-state index contributed by atoms with van der Waals surface area (Å²) in [6, 6.07) is 5.10. The molecule has 96 valence electrons. The normalized spacial score (nSPS) is 11.5. The molecule has 0 saturated heterocycles. The van der Waals surface area contributed by atoms with Crippen molar-refractivity contribution in [2.75, 3.05) is 19.0 Å². The average molecular weight is 303 g/mol. The van der Waals surface area contributed by atoms with Crippen LogP contribution in [-0.2, 0) is 6.54 Å². The van der Waals surface area contributed by atoms with Crippen LogP contribution in [0.3, 0.4) is 0 Å². The molecule has 0 heterocycles. The molecule has 0 bridgehead atoms. The van der Waals surface area contributed by atoms with Gasteiger partial charge in [0.15, 0.2) is 0 Å². The molecule has 6 heteroatoms. The highest BCUT2D eigenvalue weighted by molar-refractivity contribution is 6.42. The first-order chi connectivity index (χ1) is 8.02. The standard InChI is InChI=1S/C11H12Cl3F2N/c12-3-4-17(7-11(15)16)6-8-1-2-9(13)10(14)5-8/h1-2,5,11H,3-4,6-7H2. The van der Waals surface area contributed by atoms with Gasteiger partial charge in [0.1, 0.15) is 0 Å². The Balaban J connectivity index is 2.67. The summed E-state index contributed by atoms with van der Waals surface area (Å²) < 4.78 is 24.6. The lowest BCUT2D eigenvalue weighted by molar-refractivity contribution is 0.0878. The van der Waals surface area contributed by atoms with Crippen molar-refractivity contribution in [3.63, 3.8) is 0 Å². The van der Waals surface area contributed by atoms with E-state index in [9.17, 15) is 8.78 Å². The predicted octanol–water partition coefficient (Wildman–Crippen LogP) is 4.30. The molecule has 0 unspecified atom stereocenters. The zero-order valence-corrected chi connectivity index (χ0v) is 11.2. The maximum atomic E-state index is 12.3. The maximum Gasteiger partial charge on any atom is 0.251 e. The molecule has 0 N–H and O–H groups in total. The van der Waals surface area contributed by atoms with Crippen LogP contribution in [0.2, 0.25) is 10.0 Å². The van der Waals surface area contributed by atoms with Crippen molar-refractivity contribution < 1.29 is 8.78 Å². The van der Waals surface area contributed by atoms with Gasteiger partial charge in [-0.05, 0) is 17.7 Å². The van der Waals surface area contributed by atoms with Crippen molar-refractivity contribution in [3.8, 4) is 0 Å². The Bertz CT molecular complexity index is 361. The van der Waals surface area contributed by atoms with Crippen LogP contribution >= 0.6 is 34.8 Å². The van der Waals surface area contributed by atoms with Crippen LogP contribution in [0, 0.1) is 0 Å². The Morgan fingerprint density at radius 1 is 1.18 bits per heavy atom. The molecule has 0 saturated carbocycles. The van der Waals surface area contributed by atoms with E-state index in [1.807, 2.05) is 0 Å². The Labute approximate surface area is 114 Å². The molecule has 0 amide bonds. The highest BCUT2D eigenvalue weighted by Gasteiger charge is 2.12. The van der Waals surface area contributed by atoms with E-state index in [4.69, 9.17) is 34.8 Å². The summed E-state index contributed by atoms with van der Waals surface area (Å²) >= 11 is 17.2. The lowest BCUT2D eigenvalue weighted by atomic mass is 10.2. The monoisotopic (exact) mass is 301 g/mol. The molecular weight excluding hydrogens is 290 g/mol. The van der Waals surface area contributed by atoms with Gasteiger partial charge in [-0.2, -0.15) is 0 Å². The third-order valence-electron chi connectivity index (χ3n) is 2.19. The second-order valence-electron chi connectivity index (χ2n) is 3.56. The van der Waals surface area contributed by atoms with E-state index in [0.717, 1.165) is 5.56 Å². The molecular formula is C11H12Cl3F2N. The van der Waals surface area contributed by atoms with Gasteiger partial charge >= 0.3 is 0 Å². The van der Waals surface area contributed by atoms with E-state index in [-0.39, 0.29) is 6.54 Å². The number of hydrogen-bond donors (Lipinski definition) is 0. The summed E-state index contributed by atoms with van der Waals surface area (Å²) in [5, 5.41) is 0.875. The van der Waals surface area contributed by atoms with Gasteiger partial charge in [-0.1, -0.05) is 29.3 Å². The van der Waals surface area contributed by atoms with Crippen LogP contribution in [0.1, 0.15) is 5.56 Å². The van der Waals surface area contributed by atoms with Gasteiger partial charge in [0.05, 0.1) is 16.6 Å². The average Bonchev–Trinajstić information content (AvgIpc) is 2.23.